The van der Waals surface area contributed by atoms with E-state index in [0.29, 0.717) is 30.2 Å². The van der Waals surface area contributed by atoms with Gasteiger partial charge in [0.05, 0.1) is 19.0 Å². The lowest BCUT2D eigenvalue weighted by molar-refractivity contribution is -0.145. The second kappa shape index (κ2) is 6.41. The molecule has 112 valence electrons. The quantitative estimate of drug-likeness (QED) is 0.870. The van der Waals surface area contributed by atoms with Gasteiger partial charge in [0, 0.05) is 18.0 Å². The maximum atomic E-state index is 11.9. The van der Waals surface area contributed by atoms with Gasteiger partial charge in [0.25, 0.3) is 0 Å². The van der Waals surface area contributed by atoms with Gasteiger partial charge in [0.2, 0.25) is 10.0 Å². The highest BCUT2D eigenvalue weighted by Gasteiger charge is 2.30. The van der Waals surface area contributed by atoms with Crippen LogP contribution in [0.3, 0.4) is 0 Å². The number of ether oxygens (including phenoxy) is 2. The SMILES string of the molecule is CC1(CCNS(=O)(=O)Cc2ccc(Cl)cc2)OCCO1. The van der Waals surface area contributed by atoms with Crippen LogP contribution >= 0.6 is 11.6 Å². The summed E-state index contributed by atoms with van der Waals surface area (Å²) in [6.07, 6.45) is 0.479. The molecule has 1 aromatic rings. The second-order valence-electron chi connectivity index (χ2n) is 4.86. The van der Waals surface area contributed by atoms with E-state index in [2.05, 4.69) is 4.72 Å². The largest absolute Gasteiger partial charge is 0.348 e. The lowest BCUT2D eigenvalue weighted by atomic mass is 10.2. The van der Waals surface area contributed by atoms with Crippen molar-refractivity contribution >= 4 is 21.6 Å². The zero-order valence-electron chi connectivity index (χ0n) is 11.3. The first-order chi connectivity index (χ1) is 9.39. The Hall–Kier alpha value is -0.660. The van der Waals surface area contributed by atoms with Crippen LogP contribution in [-0.4, -0.2) is 34.0 Å². The second-order valence-corrected chi connectivity index (χ2v) is 7.10. The molecule has 0 radical (unpaired) electrons. The Morgan fingerprint density at radius 1 is 1.25 bits per heavy atom. The first-order valence-electron chi connectivity index (χ1n) is 6.38. The Kier molecular flexibility index (Phi) is 5.04. The van der Waals surface area contributed by atoms with E-state index in [1.165, 1.54) is 0 Å². The van der Waals surface area contributed by atoms with Crippen molar-refractivity contribution in [2.24, 2.45) is 0 Å². The van der Waals surface area contributed by atoms with Crippen molar-refractivity contribution in [1.82, 2.24) is 4.72 Å². The molecule has 0 atom stereocenters. The fourth-order valence-corrected chi connectivity index (χ4v) is 3.26. The van der Waals surface area contributed by atoms with E-state index < -0.39 is 15.8 Å². The van der Waals surface area contributed by atoms with Crippen LogP contribution in [0.1, 0.15) is 18.9 Å². The van der Waals surface area contributed by atoms with E-state index in [0.717, 1.165) is 0 Å². The van der Waals surface area contributed by atoms with Crippen LogP contribution in [0.5, 0.6) is 0 Å². The molecule has 1 heterocycles. The minimum atomic E-state index is -3.37. The molecule has 5 nitrogen and oxygen atoms in total. The highest BCUT2D eigenvalue weighted by Crippen LogP contribution is 2.21. The van der Waals surface area contributed by atoms with Gasteiger partial charge >= 0.3 is 0 Å². The highest BCUT2D eigenvalue weighted by atomic mass is 35.5. The normalized spacial score (nSPS) is 18.3. The molecule has 1 saturated heterocycles. The molecule has 1 N–H and O–H groups in total. The van der Waals surface area contributed by atoms with Gasteiger partial charge in [0.1, 0.15) is 0 Å². The Morgan fingerprint density at radius 2 is 1.85 bits per heavy atom. The van der Waals surface area contributed by atoms with Crippen LogP contribution in [0.4, 0.5) is 0 Å². The standard InChI is InChI=1S/C13H18ClNO4S/c1-13(18-8-9-19-13)6-7-15-20(16,17)10-11-2-4-12(14)5-3-11/h2-5,15H,6-10H2,1H3. The zero-order valence-corrected chi connectivity index (χ0v) is 12.8. The van der Waals surface area contributed by atoms with Gasteiger partial charge in [-0.05, 0) is 24.6 Å². The molecule has 1 aromatic carbocycles. The molecule has 0 unspecified atom stereocenters. The van der Waals surface area contributed by atoms with Crippen LogP contribution < -0.4 is 4.72 Å². The number of benzene rings is 1. The Morgan fingerprint density at radius 3 is 2.45 bits per heavy atom. The number of halogens is 1. The smallest absolute Gasteiger partial charge is 0.215 e. The van der Waals surface area contributed by atoms with Crippen molar-refractivity contribution in [1.29, 1.82) is 0 Å². The highest BCUT2D eigenvalue weighted by molar-refractivity contribution is 7.88. The fraction of sp³-hybridized carbons (Fsp3) is 0.538. The molecule has 1 aliphatic heterocycles. The summed E-state index contributed by atoms with van der Waals surface area (Å²) in [7, 11) is -3.37. The predicted molar refractivity (Wildman–Crippen MR) is 77.0 cm³/mol. The average molecular weight is 320 g/mol. The van der Waals surface area contributed by atoms with Gasteiger partial charge in [-0.15, -0.1) is 0 Å². The van der Waals surface area contributed by atoms with Crippen LogP contribution in [-0.2, 0) is 25.2 Å². The lowest BCUT2D eigenvalue weighted by Gasteiger charge is -2.22. The van der Waals surface area contributed by atoms with E-state index in [9.17, 15) is 8.42 Å². The minimum absolute atomic E-state index is 0.0669. The number of nitrogens with one attached hydrogen (secondary N) is 1. The van der Waals surface area contributed by atoms with Crippen molar-refractivity contribution in [3.8, 4) is 0 Å². The summed E-state index contributed by atoms with van der Waals surface area (Å²) >= 11 is 5.76. The molecule has 0 aromatic heterocycles. The van der Waals surface area contributed by atoms with E-state index in [1.54, 1.807) is 24.3 Å². The molecule has 20 heavy (non-hydrogen) atoms. The Bertz CT molecular complexity index is 538. The van der Waals surface area contributed by atoms with Crippen molar-refractivity contribution in [3.05, 3.63) is 34.9 Å². The first-order valence-corrected chi connectivity index (χ1v) is 8.41. The molecule has 0 amide bonds. The van der Waals surface area contributed by atoms with Crippen molar-refractivity contribution in [2.45, 2.75) is 24.9 Å². The molecule has 0 bridgehead atoms. The average Bonchev–Trinajstić information content (AvgIpc) is 2.79. The van der Waals surface area contributed by atoms with Gasteiger partial charge < -0.3 is 9.47 Å². The molecule has 2 rings (SSSR count). The first kappa shape index (κ1) is 15.7. The number of hydrogen-bond donors (Lipinski definition) is 1. The summed E-state index contributed by atoms with van der Waals surface area (Å²) in [4.78, 5) is 0. The van der Waals surface area contributed by atoms with E-state index in [4.69, 9.17) is 21.1 Å². The van der Waals surface area contributed by atoms with Crippen LogP contribution in [0.2, 0.25) is 5.02 Å². The third-order valence-corrected chi connectivity index (χ3v) is 4.68. The monoisotopic (exact) mass is 319 g/mol. The van der Waals surface area contributed by atoms with E-state index in [-0.39, 0.29) is 12.3 Å². The van der Waals surface area contributed by atoms with Crippen LogP contribution in [0.15, 0.2) is 24.3 Å². The molecule has 7 heteroatoms. The maximum absolute atomic E-state index is 11.9. The Balaban J connectivity index is 1.83. The van der Waals surface area contributed by atoms with Gasteiger partial charge in [-0.1, -0.05) is 23.7 Å². The molecular weight excluding hydrogens is 302 g/mol. The number of sulfonamides is 1. The summed E-state index contributed by atoms with van der Waals surface area (Å²) < 4.78 is 37.3. The molecule has 0 spiro atoms. The van der Waals surface area contributed by atoms with Gasteiger partial charge in [0.15, 0.2) is 5.79 Å². The zero-order chi connectivity index (χ0) is 14.6. The van der Waals surface area contributed by atoms with Gasteiger partial charge in [-0.2, -0.15) is 0 Å². The van der Waals surface area contributed by atoms with Crippen LogP contribution in [0.25, 0.3) is 0 Å². The molecule has 1 fully saturated rings. The predicted octanol–water partition coefficient (Wildman–Crippen LogP) is 1.91. The molecular formula is C13H18ClNO4S. The van der Waals surface area contributed by atoms with Gasteiger partial charge in [-0.25, -0.2) is 13.1 Å². The topological polar surface area (TPSA) is 64.6 Å². The van der Waals surface area contributed by atoms with Crippen molar-refractivity contribution < 1.29 is 17.9 Å². The Labute approximate surface area is 124 Å². The van der Waals surface area contributed by atoms with E-state index >= 15 is 0 Å². The van der Waals surface area contributed by atoms with E-state index in [1.807, 2.05) is 6.92 Å². The maximum Gasteiger partial charge on any atom is 0.215 e. The summed E-state index contributed by atoms with van der Waals surface area (Å²) in [5, 5.41) is 0.586. The van der Waals surface area contributed by atoms with Crippen molar-refractivity contribution in [2.75, 3.05) is 19.8 Å². The number of hydrogen-bond acceptors (Lipinski definition) is 4. The van der Waals surface area contributed by atoms with Gasteiger partial charge in [-0.3, -0.25) is 0 Å². The fourth-order valence-electron chi connectivity index (χ4n) is 1.99. The molecule has 1 aliphatic rings. The third kappa shape index (κ3) is 4.71. The lowest BCUT2D eigenvalue weighted by Crippen LogP contribution is -2.34. The minimum Gasteiger partial charge on any atom is -0.348 e. The van der Waals surface area contributed by atoms with Crippen molar-refractivity contribution in [3.63, 3.8) is 0 Å². The van der Waals surface area contributed by atoms with Crippen LogP contribution in [0, 0.1) is 0 Å². The summed E-state index contributed by atoms with van der Waals surface area (Å²) in [5.41, 5.74) is 0.696. The molecule has 0 aliphatic carbocycles. The third-order valence-electron chi connectivity index (χ3n) is 3.07. The summed E-state index contributed by atoms with van der Waals surface area (Å²) in [6.45, 7) is 3.20. The number of rotatable bonds is 6. The summed E-state index contributed by atoms with van der Waals surface area (Å²) in [5.74, 6) is -0.745. The summed E-state index contributed by atoms with van der Waals surface area (Å²) in [6, 6.07) is 6.75. The molecule has 0 saturated carbocycles.